The number of methoxy groups -OCH3 is 1. The molecule has 0 saturated heterocycles. The molecule has 0 amide bonds. The highest BCUT2D eigenvalue weighted by molar-refractivity contribution is 6.31. The number of hydrogen-bond acceptors (Lipinski definition) is 7. The van der Waals surface area contributed by atoms with Gasteiger partial charge in [-0.15, -0.1) is 0 Å². The lowest BCUT2D eigenvalue weighted by molar-refractivity contribution is -0.118. The lowest BCUT2D eigenvalue weighted by Crippen LogP contribution is -2.36. The summed E-state index contributed by atoms with van der Waals surface area (Å²) in [6, 6.07) is 12.7. The fraction of sp³-hybridized carbons (Fsp3) is 0.333. The van der Waals surface area contributed by atoms with Crippen molar-refractivity contribution in [2.24, 2.45) is 5.41 Å². The molecule has 0 bridgehead atoms. The van der Waals surface area contributed by atoms with Gasteiger partial charge in [0.25, 0.3) is 0 Å². The predicted molar refractivity (Wildman–Crippen MR) is 123 cm³/mol. The molecule has 8 nitrogen and oxygen atoms in total. The zero-order chi connectivity index (χ0) is 23.2. The molecular weight excluding hydrogens is 442 g/mol. The lowest BCUT2D eigenvalue weighted by Gasteiger charge is -2.37. The molecule has 1 atom stereocenters. The first-order valence-corrected chi connectivity index (χ1v) is 11.1. The van der Waals surface area contributed by atoms with E-state index in [1.807, 2.05) is 42.5 Å². The van der Waals surface area contributed by atoms with E-state index in [9.17, 15) is 4.79 Å². The number of ether oxygens (including phenoxy) is 2. The van der Waals surface area contributed by atoms with E-state index < -0.39 is 6.04 Å². The molecule has 1 aliphatic heterocycles. The predicted octanol–water partition coefficient (Wildman–Crippen LogP) is 4.57. The van der Waals surface area contributed by atoms with Crippen LogP contribution in [0.3, 0.4) is 0 Å². The van der Waals surface area contributed by atoms with E-state index in [0.717, 1.165) is 23.2 Å². The molecule has 1 N–H and O–H groups in total. The van der Waals surface area contributed by atoms with Crippen molar-refractivity contribution in [1.29, 1.82) is 0 Å². The maximum absolute atomic E-state index is 13.2. The minimum atomic E-state index is -0.443. The molecule has 2 heterocycles. The fourth-order valence-corrected chi connectivity index (χ4v) is 4.71. The highest BCUT2D eigenvalue weighted by Crippen LogP contribution is 2.46. The summed E-state index contributed by atoms with van der Waals surface area (Å²) < 4.78 is 13.3. The molecule has 9 heteroatoms. The van der Waals surface area contributed by atoms with E-state index in [0.29, 0.717) is 41.1 Å². The van der Waals surface area contributed by atoms with Crippen molar-refractivity contribution < 1.29 is 14.3 Å². The highest BCUT2D eigenvalue weighted by atomic mass is 35.5. The number of rotatable bonds is 5. The van der Waals surface area contributed by atoms with Gasteiger partial charge >= 0.3 is 0 Å². The summed E-state index contributed by atoms with van der Waals surface area (Å²) >= 11 is 6.25. The van der Waals surface area contributed by atoms with E-state index in [1.54, 1.807) is 11.8 Å². The Bertz CT molecular complexity index is 1270. The summed E-state index contributed by atoms with van der Waals surface area (Å²) in [5.41, 5.74) is 3.17. The molecule has 0 spiro atoms. The van der Waals surface area contributed by atoms with Crippen LogP contribution in [0.25, 0.3) is 0 Å². The average molecular weight is 466 g/mol. The molecular formula is C24H24ClN5O3. The van der Waals surface area contributed by atoms with Gasteiger partial charge in [0.1, 0.15) is 12.6 Å². The number of carbonyl (C=O) groups excluding carboxylic acids is 1. The molecule has 2 aromatic carbocycles. The van der Waals surface area contributed by atoms with Crippen molar-refractivity contribution in [3.63, 3.8) is 0 Å². The van der Waals surface area contributed by atoms with E-state index in [-0.39, 0.29) is 11.2 Å². The van der Waals surface area contributed by atoms with Gasteiger partial charge in [-0.2, -0.15) is 4.68 Å². The largest absolute Gasteiger partial charge is 0.493 e. The van der Waals surface area contributed by atoms with Crippen molar-refractivity contribution in [3.8, 4) is 11.5 Å². The van der Waals surface area contributed by atoms with Crippen LogP contribution in [-0.2, 0) is 11.4 Å². The van der Waals surface area contributed by atoms with Crippen molar-refractivity contribution >= 4 is 23.3 Å². The van der Waals surface area contributed by atoms with Crippen LogP contribution in [0.4, 0.5) is 5.95 Å². The van der Waals surface area contributed by atoms with Crippen LogP contribution < -0.4 is 14.8 Å². The number of anilines is 1. The summed E-state index contributed by atoms with van der Waals surface area (Å²) in [5, 5.41) is 16.0. The Morgan fingerprint density at radius 2 is 2.00 bits per heavy atom. The first kappa shape index (κ1) is 21.5. The molecule has 5 rings (SSSR count). The molecule has 170 valence electrons. The Morgan fingerprint density at radius 3 is 2.79 bits per heavy atom. The quantitative estimate of drug-likeness (QED) is 0.590. The number of Topliss-reactive ketones (excluding diaryl/α,β-unsaturated/α-hetero) is 1. The number of ketones is 1. The summed E-state index contributed by atoms with van der Waals surface area (Å²) in [4.78, 5) is 13.2. The fourth-order valence-electron chi connectivity index (χ4n) is 4.52. The van der Waals surface area contributed by atoms with Crippen LogP contribution in [0, 0.1) is 5.41 Å². The Kier molecular flexibility index (Phi) is 5.32. The van der Waals surface area contributed by atoms with Crippen LogP contribution in [0.5, 0.6) is 11.5 Å². The average Bonchev–Trinajstić information content (AvgIpc) is 3.24. The van der Waals surface area contributed by atoms with E-state index in [1.165, 1.54) is 0 Å². The number of aromatic nitrogens is 4. The first-order chi connectivity index (χ1) is 15.9. The first-order valence-electron chi connectivity index (χ1n) is 10.7. The standard InChI is InChI=1S/C24H24ClN5O3/c1-24(2)11-17-21(18(31)12-24)22(30-23(26-17)27-28-29-30)14-8-9-19(20(10-14)32-3)33-13-15-6-4-5-7-16(15)25/h4-10,22H,11-13H2,1-3H3,(H,26,27,29). The van der Waals surface area contributed by atoms with Crippen LogP contribution in [0.15, 0.2) is 53.7 Å². The number of allylic oxidation sites excluding steroid dienone is 2. The maximum Gasteiger partial charge on any atom is 0.248 e. The Balaban J connectivity index is 1.51. The van der Waals surface area contributed by atoms with Gasteiger partial charge in [0, 0.05) is 28.3 Å². The molecule has 33 heavy (non-hydrogen) atoms. The molecule has 2 aliphatic rings. The molecule has 3 aromatic rings. The minimum Gasteiger partial charge on any atom is -0.493 e. The summed E-state index contributed by atoms with van der Waals surface area (Å²) in [7, 11) is 1.59. The molecule has 0 radical (unpaired) electrons. The Morgan fingerprint density at radius 1 is 1.18 bits per heavy atom. The number of hydrogen-bond donors (Lipinski definition) is 1. The van der Waals surface area contributed by atoms with Gasteiger partial charge in [-0.3, -0.25) is 4.79 Å². The van der Waals surface area contributed by atoms with Gasteiger partial charge in [0.05, 0.1) is 7.11 Å². The third-order valence-electron chi connectivity index (χ3n) is 6.04. The highest BCUT2D eigenvalue weighted by Gasteiger charge is 2.42. The van der Waals surface area contributed by atoms with Gasteiger partial charge in [-0.1, -0.05) is 54.8 Å². The number of tetrazole rings is 1. The Labute approximate surface area is 196 Å². The number of nitrogens with zero attached hydrogens (tertiary/aromatic N) is 4. The van der Waals surface area contributed by atoms with Gasteiger partial charge in [0.2, 0.25) is 5.95 Å². The topological polar surface area (TPSA) is 91.2 Å². The normalized spacial score (nSPS) is 18.9. The molecule has 0 saturated carbocycles. The smallest absolute Gasteiger partial charge is 0.248 e. The monoisotopic (exact) mass is 465 g/mol. The van der Waals surface area contributed by atoms with Crippen LogP contribution in [-0.4, -0.2) is 33.1 Å². The van der Waals surface area contributed by atoms with Crippen LogP contribution in [0.1, 0.15) is 43.9 Å². The number of nitrogens with one attached hydrogen (secondary N) is 1. The maximum atomic E-state index is 13.2. The summed E-state index contributed by atoms with van der Waals surface area (Å²) in [6.45, 7) is 4.50. The van der Waals surface area contributed by atoms with Gasteiger partial charge in [0.15, 0.2) is 17.3 Å². The zero-order valence-electron chi connectivity index (χ0n) is 18.6. The van der Waals surface area contributed by atoms with Crippen molar-refractivity contribution in [2.45, 2.75) is 39.3 Å². The third-order valence-corrected chi connectivity index (χ3v) is 6.41. The van der Waals surface area contributed by atoms with E-state index in [4.69, 9.17) is 21.1 Å². The lowest BCUT2D eigenvalue weighted by atomic mass is 9.73. The zero-order valence-corrected chi connectivity index (χ0v) is 19.4. The number of fused-ring (bicyclic) bond motifs is 1. The number of benzene rings is 2. The van der Waals surface area contributed by atoms with E-state index in [2.05, 4.69) is 34.7 Å². The number of halogens is 1. The molecule has 1 unspecified atom stereocenters. The van der Waals surface area contributed by atoms with Crippen molar-refractivity contribution in [3.05, 3.63) is 69.9 Å². The third kappa shape index (κ3) is 3.95. The second-order valence-electron chi connectivity index (χ2n) is 9.10. The van der Waals surface area contributed by atoms with Crippen molar-refractivity contribution in [1.82, 2.24) is 20.2 Å². The molecule has 0 fully saturated rings. The second kappa shape index (κ2) is 8.19. The van der Waals surface area contributed by atoms with Crippen LogP contribution >= 0.6 is 11.6 Å². The second-order valence-corrected chi connectivity index (χ2v) is 9.51. The van der Waals surface area contributed by atoms with Gasteiger partial charge in [-0.25, -0.2) is 0 Å². The SMILES string of the molecule is COc1cc(C2C3=C(CC(C)(C)CC3=O)Nc3nnnn32)ccc1OCc1ccccc1Cl. The number of carbonyl (C=O) groups is 1. The van der Waals surface area contributed by atoms with Gasteiger partial charge in [-0.05, 0) is 46.0 Å². The van der Waals surface area contributed by atoms with Crippen LogP contribution in [0.2, 0.25) is 5.02 Å². The molecule has 1 aliphatic carbocycles. The van der Waals surface area contributed by atoms with Crippen molar-refractivity contribution in [2.75, 3.05) is 12.4 Å². The minimum absolute atomic E-state index is 0.0953. The Hall–Kier alpha value is -3.39. The summed E-state index contributed by atoms with van der Waals surface area (Å²) in [6.07, 6.45) is 1.21. The molecule has 1 aromatic heterocycles. The van der Waals surface area contributed by atoms with Gasteiger partial charge < -0.3 is 14.8 Å². The van der Waals surface area contributed by atoms with E-state index >= 15 is 0 Å². The summed E-state index contributed by atoms with van der Waals surface area (Å²) in [5.74, 6) is 1.75.